The lowest BCUT2D eigenvalue weighted by atomic mass is 9.78. The van der Waals surface area contributed by atoms with E-state index >= 15 is 0 Å². The molecule has 6 aromatic carbocycles. The quantitative estimate of drug-likeness (QED) is 0.0658. The fourth-order valence-electron chi connectivity index (χ4n) is 5.33. The summed E-state index contributed by atoms with van der Waals surface area (Å²) >= 11 is 0. The molecule has 2 aliphatic rings. The molecule has 6 aromatic rings. The minimum atomic E-state index is 0.750. The van der Waals surface area contributed by atoms with E-state index in [1.807, 2.05) is 0 Å². The molecule has 8 rings (SSSR count). The molecule has 0 radical (unpaired) electrons. The van der Waals surface area contributed by atoms with Crippen LogP contribution in [0.2, 0.25) is 0 Å². The van der Waals surface area contributed by atoms with Crippen molar-refractivity contribution < 1.29 is 28.8 Å². The maximum absolute atomic E-state index is 8.35. The molecule has 54 heavy (non-hydrogen) atoms. The Balaban J connectivity index is 0.000000645. The zero-order chi connectivity index (χ0) is 40.6. The fourth-order valence-corrected chi connectivity index (χ4v) is 5.33. The lowest BCUT2D eigenvalue weighted by Gasteiger charge is -2.25. The van der Waals surface area contributed by atoms with Crippen LogP contribution in [0.4, 0.5) is 0 Å². The minimum absolute atomic E-state index is 0.750. The minimum Gasteiger partial charge on any atom is -0.222 e. The number of allylic oxidation sites excluding steroid dienone is 1. The highest BCUT2D eigenvalue weighted by molar-refractivity contribution is 6.03. The van der Waals surface area contributed by atoms with Crippen LogP contribution in [0.1, 0.15) is 16.7 Å². The van der Waals surface area contributed by atoms with E-state index in [2.05, 4.69) is 146 Å². The number of hydrogen-bond donors (Lipinski definition) is 6. The fraction of sp³-hybridized carbons (Fsp3) is 0.0476. The van der Waals surface area contributed by atoms with Crippen molar-refractivity contribution in [3.05, 3.63) is 150 Å². The predicted molar refractivity (Wildman–Crippen MR) is 207 cm³/mol. The molecule has 268 valence electrons. The van der Waals surface area contributed by atoms with Crippen LogP contribution in [-0.2, 0) is 35.2 Å². The van der Waals surface area contributed by atoms with Gasteiger partial charge in [0.25, 0.3) is 0 Å². The number of benzene rings is 6. The molecule has 0 heterocycles. The molecule has 0 aliphatic heterocycles. The van der Waals surface area contributed by atoms with Gasteiger partial charge in [-0.05, 0) is 73.8 Å². The van der Waals surface area contributed by atoms with E-state index < -0.39 is 0 Å². The van der Waals surface area contributed by atoms with Gasteiger partial charge in [-0.2, -0.15) is 0 Å². The Morgan fingerprint density at radius 1 is 0.426 bits per heavy atom. The molecule has 0 unspecified atom stereocenters. The van der Waals surface area contributed by atoms with Crippen LogP contribution in [0.25, 0.3) is 49.9 Å². The van der Waals surface area contributed by atoms with Gasteiger partial charge in [0.15, 0.2) is 0 Å². The first-order valence-corrected chi connectivity index (χ1v) is 15.3. The van der Waals surface area contributed by atoms with Gasteiger partial charge in [-0.1, -0.05) is 140 Å². The number of rotatable bonds is 0. The summed E-state index contributed by atoms with van der Waals surface area (Å²) in [6.07, 6.45) is 10.0. The van der Waals surface area contributed by atoms with Gasteiger partial charge >= 0.3 is 0 Å². The Bertz CT molecular complexity index is 2170. The predicted octanol–water partition coefficient (Wildman–Crippen LogP) is 9.30. The summed E-state index contributed by atoms with van der Waals surface area (Å²) in [6.45, 7) is 2.18. The molecule has 2 aliphatic carbocycles. The Morgan fingerprint density at radius 3 is 1.28 bits per heavy atom. The van der Waals surface area contributed by atoms with E-state index in [0.717, 1.165) is 42.9 Å². The van der Waals surface area contributed by atoms with Crippen molar-refractivity contribution in [3.8, 4) is 22.3 Å². The van der Waals surface area contributed by atoms with E-state index in [1.165, 1.54) is 60.5 Å². The van der Waals surface area contributed by atoms with Gasteiger partial charge in [0.1, 0.15) is 0 Å². The summed E-state index contributed by atoms with van der Waals surface area (Å²) < 4.78 is 0. The summed E-state index contributed by atoms with van der Waals surface area (Å²) in [5.41, 5.74) is 9.87. The molecule has 12 heteroatoms. The van der Waals surface area contributed by atoms with Crippen LogP contribution < -0.4 is 0 Å². The van der Waals surface area contributed by atoms with Crippen molar-refractivity contribution in [1.82, 2.24) is 0 Å². The Labute approximate surface area is 310 Å². The number of nitrogens with one attached hydrogen (secondary N) is 6. The Morgan fingerprint density at radius 2 is 0.796 bits per heavy atom. The molecule has 0 saturated carbocycles. The van der Waals surface area contributed by atoms with E-state index in [9.17, 15) is 0 Å². The number of fused-ring (bicyclic) bond motifs is 5. The summed E-state index contributed by atoms with van der Waals surface area (Å²) in [5, 5.41) is 37.8. The molecule has 6 N–H and O–H groups in total. The molecule has 0 atom stereocenters. The van der Waals surface area contributed by atoms with E-state index in [4.69, 9.17) is 61.2 Å². The lowest BCUT2D eigenvalue weighted by Crippen LogP contribution is -1.99. The van der Waals surface area contributed by atoms with Gasteiger partial charge in [-0.15, -0.1) is 0 Å². The highest BCUT2D eigenvalue weighted by Gasteiger charge is 2.22. The summed E-state index contributed by atoms with van der Waals surface area (Å²) in [6, 6.07) is 44.8. The molecular weight excluding hydrogens is 684 g/mol. The highest BCUT2D eigenvalue weighted by Crippen LogP contribution is 2.48. The second kappa shape index (κ2) is 28.7. The molecule has 12 nitrogen and oxygen atoms in total. The van der Waals surface area contributed by atoms with Crippen LogP contribution in [0, 0.1) is 39.4 Å². The van der Waals surface area contributed by atoms with Gasteiger partial charge in [-0.3, -0.25) is 0 Å². The molecule has 0 bridgehead atoms. The first-order valence-electron chi connectivity index (χ1n) is 15.3. The SMILES string of the molecule is C1=Cc2cccc3cccc(c23)C1.Cc1cccc2c1-c1ccccc1-2.N=C=O.N=C=O.N=C=O.N=C=O.N=C=O.N=C=O.c1ccc2ccccc2c1. The van der Waals surface area contributed by atoms with E-state index in [1.54, 1.807) is 0 Å². The van der Waals surface area contributed by atoms with Crippen LogP contribution in [0.15, 0.2) is 133 Å². The zero-order valence-electron chi connectivity index (χ0n) is 28.9. The van der Waals surface area contributed by atoms with Gasteiger partial charge in [0.05, 0.1) is 0 Å². The lowest BCUT2D eigenvalue weighted by molar-refractivity contribution is 0.562. The van der Waals surface area contributed by atoms with Gasteiger partial charge in [0, 0.05) is 0 Å². The average Bonchev–Trinajstić information content (AvgIpc) is 3.17. The first kappa shape index (κ1) is 45.9. The van der Waals surface area contributed by atoms with Gasteiger partial charge in [0.2, 0.25) is 36.5 Å². The number of carbonyl (C=O) groups excluding carboxylic acids is 6. The van der Waals surface area contributed by atoms with Crippen molar-refractivity contribution in [3.63, 3.8) is 0 Å². The molecule has 0 spiro atoms. The van der Waals surface area contributed by atoms with Crippen LogP contribution in [-0.4, -0.2) is 36.5 Å². The van der Waals surface area contributed by atoms with Crippen LogP contribution >= 0.6 is 0 Å². The smallest absolute Gasteiger partial charge is 0.222 e. The molecular formula is C42H34N6O6. The van der Waals surface area contributed by atoms with Gasteiger partial charge in [-0.25, -0.2) is 61.2 Å². The van der Waals surface area contributed by atoms with E-state index in [0.29, 0.717) is 0 Å². The molecule has 0 fully saturated rings. The van der Waals surface area contributed by atoms with Crippen LogP contribution in [0.3, 0.4) is 0 Å². The largest absolute Gasteiger partial charge is 0.231 e. The average molecular weight is 719 g/mol. The maximum Gasteiger partial charge on any atom is 0.231 e. The van der Waals surface area contributed by atoms with E-state index in [-0.39, 0.29) is 0 Å². The Kier molecular flexibility index (Phi) is 24.4. The second-order valence-corrected chi connectivity index (χ2v) is 9.97. The number of isocyanates is 6. The third-order valence-electron chi connectivity index (χ3n) is 7.08. The molecule has 0 saturated heterocycles. The van der Waals surface area contributed by atoms with Crippen molar-refractivity contribution >= 4 is 64.1 Å². The number of hydrogen-bond acceptors (Lipinski definition) is 12. The second-order valence-electron chi connectivity index (χ2n) is 9.97. The monoisotopic (exact) mass is 718 g/mol. The molecule has 0 aromatic heterocycles. The standard InChI is InChI=1S/2C13H10.C10H8.6CHNO/c1-4-10-6-2-8-12-9-3-7-11(5-1)13(10)12;1-9-5-4-8-12-10-6-2-3-7-11(10)13(9)12;1-2-6-10-8-4-3-7-9(10)5-1;6*2-1-3/h1-8H,9H2;2-8H,1H3;1-8H;6*2H. The Hall–Kier alpha value is -8.14. The third kappa shape index (κ3) is 15.2. The zero-order valence-corrected chi connectivity index (χ0v) is 28.9. The summed E-state index contributed by atoms with van der Waals surface area (Å²) in [4.78, 5) is 50.1. The number of aryl methyl sites for hydroxylation is 1. The third-order valence-corrected chi connectivity index (χ3v) is 7.08. The van der Waals surface area contributed by atoms with Crippen molar-refractivity contribution in [2.45, 2.75) is 13.3 Å². The summed E-state index contributed by atoms with van der Waals surface area (Å²) in [5.74, 6) is 0. The molecule has 0 amide bonds. The van der Waals surface area contributed by atoms with Crippen molar-refractivity contribution in [1.29, 1.82) is 32.5 Å². The summed E-state index contributed by atoms with van der Waals surface area (Å²) in [7, 11) is 0. The van der Waals surface area contributed by atoms with Crippen molar-refractivity contribution in [2.24, 2.45) is 0 Å². The maximum atomic E-state index is 8.35. The topological polar surface area (TPSA) is 246 Å². The first-order chi connectivity index (χ1) is 26.3. The van der Waals surface area contributed by atoms with Crippen LogP contribution in [0.5, 0.6) is 0 Å². The normalized spacial score (nSPS) is 8.76. The van der Waals surface area contributed by atoms with Gasteiger partial charge < -0.3 is 0 Å². The highest BCUT2D eigenvalue weighted by atomic mass is 16.1. The van der Waals surface area contributed by atoms with Crippen molar-refractivity contribution in [2.75, 3.05) is 0 Å².